The Hall–Kier alpha value is -4.28. The SMILES string of the molecule is COc1ccccc1-c1c(C(=O)NCc2cc(C(F)(F)F)cc(C(F)(F)F)c2)n(C)c(=O)c2ccccc12. The number of carbonyl (C=O) groups excluding carboxylic acids is 1. The third-order valence-corrected chi connectivity index (χ3v) is 6.00. The van der Waals surface area contributed by atoms with Gasteiger partial charge in [0.2, 0.25) is 0 Å². The molecule has 0 fully saturated rings. The lowest BCUT2D eigenvalue weighted by Gasteiger charge is -2.19. The molecule has 0 radical (unpaired) electrons. The van der Waals surface area contributed by atoms with E-state index in [0.29, 0.717) is 39.8 Å². The minimum atomic E-state index is -5.03. The number of aromatic nitrogens is 1. The lowest BCUT2D eigenvalue weighted by molar-refractivity contribution is -0.143. The van der Waals surface area contributed by atoms with Crippen LogP contribution >= 0.6 is 0 Å². The second-order valence-corrected chi connectivity index (χ2v) is 8.43. The predicted octanol–water partition coefficient (Wildman–Crippen LogP) is 6.18. The van der Waals surface area contributed by atoms with Crippen molar-refractivity contribution in [1.82, 2.24) is 9.88 Å². The fourth-order valence-corrected chi connectivity index (χ4v) is 4.24. The molecule has 0 atom stereocenters. The van der Waals surface area contributed by atoms with Crippen molar-refractivity contribution in [2.75, 3.05) is 7.11 Å². The summed E-state index contributed by atoms with van der Waals surface area (Å²) in [6.07, 6.45) is -10.1. The minimum Gasteiger partial charge on any atom is -0.496 e. The molecule has 38 heavy (non-hydrogen) atoms. The molecular weight excluding hydrogens is 514 g/mol. The van der Waals surface area contributed by atoms with Gasteiger partial charge >= 0.3 is 12.4 Å². The van der Waals surface area contributed by atoms with Crippen molar-refractivity contribution >= 4 is 16.7 Å². The van der Waals surface area contributed by atoms with Gasteiger partial charge in [0.05, 0.1) is 18.2 Å². The summed E-state index contributed by atoms with van der Waals surface area (Å²) in [4.78, 5) is 26.5. The number of amides is 1. The standard InChI is InChI=1S/C27H20F6N2O3/c1-35-23(24(36)34-14-15-11-16(26(28,29)30)13-17(12-15)27(31,32)33)22(20-9-5-6-10-21(20)38-2)18-7-3-4-8-19(18)25(35)37/h3-13H,14H2,1-2H3,(H,34,36). The zero-order valence-corrected chi connectivity index (χ0v) is 20.0. The number of nitrogens with one attached hydrogen (secondary N) is 1. The molecule has 5 nitrogen and oxygen atoms in total. The Kier molecular flexibility index (Phi) is 6.96. The highest BCUT2D eigenvalue weighted by molar-refractivity contribution is 6.09. The molecule has 4 aromatic rings. The van der Waals surface area contributed by atoms with Crippen LogP contribution in [0.1, 0.15) is 27.2 Å². The van der Waals surface area contributed by atoms with Crippen LogP contribution in [0.2, 0.25) is 0 Å². The monoisotopic (exact) mass is 534 g/mol. The van der Waals surface area contributed by atoms with Crippen LogP contribution in [0.5, 0.6) is 5.75 Å². The number of para-hydroxylation sites is 1. The third kappa shape index (κ3) is 5.09. The zero-order chi connectivity index (χ0) is 27.8. The molecule has 3 aromatic carbocycles. The molecule has 0 spiro atoms. The third-order valence-electron chi connectivity index (χ3n) is 6.00. The maximum Gasteiger partial charge on any atom is 0.416 e. The van der Waals surface area contributed by atoms with Crippen molar-refractivity contribution < 1.29 is 35.9 Å². The molecule has 4 rings (SSSR count). The van der Waals surface area contributed by atoms with Gasteiger partial charge in [-0.1, -0.05) is 36.4 Å². The Labute approximate surface area is 212 Å². The number of rotatable bonds is 5. The summed E-state index contributed by atoms with van der Waals surface area (Å²) in [7, 11) is 2.78. The lowest BCUT2D eigenvalue weighted by atomic mass is 9.95. The molecule has 1 aromatic heterocycles. The van der Waals surface area contributed by atoms with Crippen molar-refractivity contribution in [3.05, 3.63) is 99.5 Å². The van der Waals surface area contributed by atoms with Crippen LogP contribution in [-0.2, 0) is 25.9 Å². The molecule has 0 aliphatic carbocycles. The first-order valence-electron chi connectivity index (χ1n) is 11.1. The second kappa shape index (κ2) is 9.88. The summed E-state index contributed by atoms with van der Waals surface area (Å²) < 4.78 is 86.0. The lowest BCUT2D eigenvalue weighted by Crippen LogP contribution is -2.32. The molecule has 1 amide bonds. The smallest absolute Gasteiger partial charge is 0.416 e. The minimum absolute atomic E-state index is 0.0120. The van der Waals surface area contributed by atoms with Crippen LogP contribution in [0.3, 0.4) is 0 Å². The fraction of sp³-hybridized carbons (Fsp3) is 0.185. The van der Waals surface area contributed by atoms with E-state index in [9.17, 15) is 35.9 Å². The van der Waals surface area contributed by atoms with E-state index in [-0.39, 0.29) is 11.8 Å². The highest BCUT2D eigenvalue weighted by atomic mass is 19.4. The van der Waals surface area contributed by atoms with Gasteiger partial charge in [0.25, 0.3) is 11.5 Å². The average Bonchev–Trinajstić information content (AvgIpc) is 2.88. The predicted molar refractivity (Wildman–Crippen MR) is 129 cm³/mol. The van der Waals surface area contributed by atoms with Gasteiger partial charge in [0, 0.05) is 30.1 Å². The van der Waals surface area contributed by atoms with Crippen molar-refractivity contribution in [1.29, 1.82) is 0 Å². The molecule has 0 unspecified atom stereocenters. The van der Waals surface area contributed by atoms with Crippen LogP contribution < -0.4 is 15.6 Å². The molecule has 0 saturated carbocycles. The van der Waals surface area contributed by atoms with Gasteiger partial charge in [-0.3, -0.25) is 9.59 Å². The molecule has 0 aliphatic heterocycles. The number of hydrogen-bond donors (Lipinski definition) is 1. The molecule has 0 saturated heterocycles. The fourth-order valence-electron chi connectivity index (χ4n) is 4.24. The molecule has 0 bridgehead atoms. The molecule has 1 N–H and O–H groups in total. The molecule has 198 valence electrons. The Morgan fingerprint density at radius 2 is 1.42 bits per heavy atom. The summed E-state index contributed by atoms with van der Waals surface area (Å²) in [5.74, 6) is -0.486. The first-order chi connectivity index (χ1) is 17.8. The van der Waals surface area contributed by atoms with E-state index < -0.39 is 47.1 Å². The van der Waals surface area contributed by atoms with Crippen LogP contribution in [0, 0.1) is 0 Å². The summed E-state index contributed by atoms with van der Waals surface area (Å²) in [6.45, 7) is -0.655. The number of nitrogens with zero attached hydrogens (tertiary/aromatic N) is 1. The van der Waals surface area contributed by atoms with Gasteiger partial charge in [-0.2, -0.15) is 26.3 Å². The van der Waals surface area contributed by atoms with E-state index in [0.717, 1.165) is 4.57 Å². The van der Waals surface area contributed by atoms with E-state index in [1.54, 1.807) is 48.5 Å². The number of pyridine rings is 1. The van der Waals surface area contributed by atoms with Crippen molar-refractivity contribution in [2.45, 2.75) is 18.9 Å². The highest BCUT2D eigenvalue weighted by Crippen LogP contribution is 2.38. The molecular formula is C27H20F6N2O3. The Morgan fingerprint density at radius 3 is 2.00 bits per heavy atom. The number of benzene rings is 3. The van der Waals surface area contributed by atoms with Gasteiger partial charge < -0.3 is 14.6 Å². The van der Waals surface area contributed by atoms with E-state index in [1.807, 2.05) is 0 Å². The first kappa shape index (κ1) is 26.8. The van der Waals surface area contributed by atoms with Gasteiger partial charge in [-0.05, 0) is 41.3 Å². The summed E-state index contributed by atoms with van der Waals surface area (Å²) in [5.41, 5.74) is -3.27. The van der Waals surface area contributed by atoms with Gasteiger partial charge in [0.15, 0.2) is 0 Å². The van der Waals surface area contributed by atoms with E-state index in [1.165, 1.54) is 14.2 Å². The quantitative estimate of drug-likeness (QED) is 0.311. The maximum atomic E-state index is 13.4. The highest BCUT2D eigenvalue weighted by Gasteiger charge is 2.37. The zero-order valence-electron chi connectivity index (χ0n) is 20.0. The van der Waals surface area contributed by atoms with Gasteiger partial charge in [-0.25, -0.2) is 0 Å². The number of methoxy groups -OCH3 is 1. The average molecular weight is 534 g/mol. The van der Waals surface area contributed by atoms with E-state index in [2.05, 4.69) is 5.32 Å². The number of fused-ring (bicyclic) bond motifs is 1. The van der Waals surface area contributed by atoms with E-state index in [4.69, 9.17) is 4.74 Å². The van der Waals surface area contributed by atoms with Crippen molar-refractivity contribution in [2.24, 2.45) is 7.05 Å². The maximum absolute atomic E-state index is 13.4. The van der Waals surface area contributed by atoms with Crippen LogP contribution in [0.4, 0.5) is 26.3 Å². The second-order valence-electron chi connectivity index (χ2n) is 8.43. The summed E-state index contributed by atoms with van der Waals surface area (Å²) >= 11 is 0. The number of hydrogen-bond acceptors (Lipinski definition) is 3. The van der Waals surface area contributed by atoms with Gasteiger partial charge in [-0.15, -0.1) is 0 Å². The summed E-state index contributed by atoms with van der Waals surface area (Å²) in [6, 6.07) is 14.4. The molecule has 0 aliphatic rings. The van der Waals surface area contributed by atoms with Crippen LogP contribution in [-0.4, -0.2) is 17.6 Å². The number of ether oxygens (including phenoxy) is 1. The Morgan fingerprint density at radius 1 is 0.868 bits per heavy atom. The van der Waals surface area contributed by atoms with Gasteiger partial charge in [0.1, 0.15) is 11.4 Å². The van der Waals surface area contributed by atoms with Crippen LogP contribution in [0.25, 0.3) is 21.9 Å². The topological polar surface area (TPSA) is 60.3 Å². The Balaban J connectivity index is 1.84. The summed E-state index contributed by atoms with van der Waals surface area (Å²) in [5, 5.41) is 3.10. The number of halogens is 6. The van der Waals surface area contributed by atoms with Crippen molar-refractivity contribution in [3.63, 3.8) is 0 Å². The van der Waals surface area contributed by atoms with E-state index >= 15 is 0 Å². The van der Waals surface area contributed by atoms with Crippen LogP contribution in [0.15, 0.2) is 71.5 Å². The number of carbonyl (C=O) groups is 1. The molecule has 11 heteroatoms. The normalized spacial score (nSPS) is 12.0. The Bertz CT molecular complexity index is 1560. The van der Waals surface area contributed by atoms with Crippen molar-refractivity contribution in [3.8, 4) is 16.9 Å². The molecule has 1 heterocycles. The first-order valence-corrected chi connectivity index (χ1v) is 11.1. The number of alkyl halides is 6. The largest absolute Gasteiger partial charge is 0.496 e.